The Morgan fingerprint density at radius 2 is 1.70 bits per heavy atom. The van der Waals surface area contributed by atoms with Gasteiger partial charge in [-0.2, -0.15) is 13.2 Å². The smallest absolute Gasteiger partial charge is 0.416 e. The highest BCUT2D eigenvalue weighted by Crippen LogP contribution is 2.37. The molecule has 0 saturated heterocycles. The fraction of sp³-hybridized carbons (Fsp3) is 0.136. The van der Waals surface area contributed by atoms with E-state index in [4.69, 9.17) is 26.5 Å². The number of benzene rings is 3. The van der Waals surface area contributed by atoms with E-state index in [1.807, 2.05) is 0 Å². The molecule has 1 aromatic heterocycles. The van der Waals surface area contributed by atoms with Crippen molar-refractivity contribution in [3.8, 4) is 5.75 Å². The molecule has 0 saturated carbocycles. The van der Waals surface area contributed by atoms with E-state index >= 15 is 0 Å². The van der Waals surface area contributed by atoms with Crippen LogP contribution in [-0.4, -0.2) is 5.91 Å². The molecule has 0 spiro atoms. The number of fused-ring (bicyclic) bond motifs is 3. The van der Waals surface area contributed by atoms with Gasteiger partial charge in [0, 0.05) is 27.4 Å². The first-order valence-electron chi connectivity index (χ1n) is 8.86. The maximum Gasteiger partial charge on any atom is 0.416 e. The average Bonchev–Trinajstić information content (AvgIpc) is 3.04. The van der Waals surface area contributed by atoms with E-state index in [1.54, 1.807) is 36.4 Å². The highest BCUT2D eigenvalue weighted by Gasteiger charge is 2.39. The van der Waals surface area contributed by atoms with Gasteiger partial charge >= 0.3 is 6.18 Å². The summed E-state index contributed by atoms with van der Waals surface area (Å²) >= 11 is 6.00. The van der Waals surface area contributed by atoms with Gasteiger partial charge in [0.15, 0.2) is 0 Å². The summed E-state index contributed by atoms with van der Waals surface area (Å²) in [5.74, 6) is -0.676. The summed E-state index contributed by atoms with van der Waals surface area (Å²) in [4.78, 5) is 12.2. The molecule has 0 aliphatic carbocycles. The van der Waals surface area contributed by atoms with Gasteiger partial charge in [-0.05, 0) is 49.4 Å². The number of furan rings is 1. The van der Waals surface area contributed by atoms with E-state index in [1.165, 1.54) is 19.1 Å². The largest absolute Gasteiger partial charge is 0.473 e. The maximum absolute atomic E-state index is 13.1. The SMILES string of the molecule is CC(Oc1ccc2oc3cc(Cl)ccc3c2c1)(C(N)=O)c1cccc(C(F)(F)F)c1. The molecule has 4 rings (SSSR count). The Hall–Kier alpha value is -3.19. The average molecular weight is 434 g/mol. The van der Waals surface area contributed by atoms with Crippen LogP contribution in [0.25, 0.3) is 21.9 Å². The quantitative estimate of drug-likeness (QED) is 0.427. The molecule has 4 aromatic rings. The van der Waals surface area contributed by atoms with Gasteiger partial charge in [-0.25, -0.2) is 0 Å². The Morgan fingerprint density at radius 1 is 0.967 bits per heavy atom. The number of primary amides is 1. The van der Waals surface area contributed by atoms with Crippen molar-refractivity contribution in [3.05, 3.63) is 76.8 Å². The number of hydrogen-bond donors (Lipinski definition) is 1. The first kappa shape index (κ1) is 20.1. The molecular weight excluding hydrogens is 419 g/mol. The van der Waals surface area contributed by atoms with Crippen molar-refractivity contribution >= 4 is 39.4 Å². The third-order valence-electron chi connectivity index (χ3n) is 4.94. The standard InChI is InChI=1S/C22H15ClF3NO3/c1-21(20(27)28,12-3-2-4-13(9-12)22(24,25)26)30-15-6-8-18-17(11-15)16-7-5-14(23)10-19(16)29-18/h2-11H,1H3,(H2,27,28). The fourth-order valence-corrected chi connectivity index (χ4v) is 3.44. The van der Waals surface area contributed by atoms with Crippen LogP contribution < -0.4 is 10.5 Å². The molecule has 0 fully saturated rings. The van der Waals surface area contributed by atoms with Crippen LogP contribution in [0.2, 0.25) is 5.02 Å². The summed E-state index contributed by atoms with van der Waals surface area (Å²) in [6.45, 7) is 1.34. The number of carbonyl (C=O) groups excluding carboxylic acids is 1. The lowest BCUT2D eigenvalue weighted by molar-refractivity contribution is -0.138. The molecule has 0 radical (unpaired) electrons. The van der Waals surface area contributed by atoms with Gasteiger partial charge in [0.1, 0.15) is 16.9 Å². The Morgan fingerprint density at radius 3 is 2.40 bits per heavy atom. The van der Waals surface area contributed by atoms with Crippen molar-refractivity contribution in [2.75, 3.05) is 0 Å². The molecule has 2 N–H and O–H groups in total. The molecule has 1 heterocycles. The molecule has 0 aliphatic rings. The lowest BCUT2D eigenvalue weighted by atomic mass is 9.93. The van der Waals surface area contributed by atoms with Crippen LogP contribution in [0.3, 0.4) is 0 Å². The predicted molar refractivity (Wildman–Crippen MR) is 107 cm³/mol. The van der Waals surface area contributed by atoms with E-state index in [9.17, 15) is 18.0 Å². The van der Waals surface area contributed by atoms with E-state index in [-0.39, 0.29) is 11.3 Å². The fourth-order valence-electron chi connectivity index (χ4n) is 3.27. The number of rotatable bonds is 4. The van der Waals surface area contributed by atoms with Gasteiger partial charge in [0.05, 0.1) is 5.56 Å². The molecule has 30 heavy (non-hydrogen) atoms. The van der Waals surface area contributed by atoms with Crippen molar-refractivity contribution in [3.63, 3.8) is 0 Å². The van der Waals surface area contributed by atoms with Crippen LogP contribution in [0.15, 0.2) is 65.1 Å². The maximum atomic E-state index is 13.1. The predicted octanol–water partition coefficient (Wildman–Crippen LogP) is 6.04. The second kappa shape index (κ2) is 6.95. The zero-order chi connectivity index (χ0) is 21.7. The summed E-state index contributed by atoms with van der Waals surface area (Å²) in [7, 11) is 0. The van der Waals surface area contributed by atoms with Gasteiger partial charge in [-0.1, -0.05) is 23.7 Å². The van der Waals surface area contributed by atoms with Crippen LogP contribution in [-0.2, 0) is 16.6 Å². The zero-order valence-electron chi connectivity index (χ0n) is 15.6. The molecular formula is C22H15ClF3NO3. The van der Waals surface area contributed by atoms with Gasteiger partial charge in [0.25, 0.3) is 5.91 Å². The Balaban J connectivity index is 1.79. The number of nitrogens with two attached hydrogens (primary N) is 1. The molecule has 8 heteroatoms. The van der Waals surface area contributed by atoms with Crippen LogP contribution in [0, 0.1) is 0 Å². The first-order chi connectivity index (χ1) is 14.1. The first-order valence-corrected chi connectivity index (χ1v) is 9.24. The molecule has 1 amide bonds. The Kier molecular flexibility index (Phi) is 4.66. The van der Waals surface area contributed by atoms with Gasteiger partial charge in [-0.3, -0.25) is 4.79 Å². The second-order valence-electron chi connectivity index (χ2n) is 6.98. The third kappa shape index (κ3) is 3.45. The highest BCUT2D eigenvalue weighted by atomic mass is 35.5. The lowest BCUT2D eigenvalue weighted by Crippen LogP contribution is -2.43. The van der Waals surface area contributed by atoms with Crippen LogP contribution >= 0.6 is 11.6 Å². The monoisotopic (exact) mass is 433 g/mol. The number of carbonyl (C=O) groups is 1. The van der Waals surface area contributed by atoms with Crippen LogP contribution in [0.1, 0.15) is 18.1 Å². The zero-order valence-corrected chi connectivity index (χ0v) is 16.3. The van der Waals surface area contributed by atoms with Crippen LogP contribution in [0.5, 0.6) is 5.75 Å². The van der Waals surface area contributed by atoms with Crippen molar-refractivity contribution in [2.45, 2.75) is 18.7 Å². The minimum atomic E-state index is -4.57. The topological polar surface area (TPSA) is 65.5 Å². The number of alkyl halides is 3. The second-order valence-corrected chi connectivity index (χ2v) is 7.42. The van der Waals surface area contributed by atoms with Crippen LogP contribution in [0.4, 0.5) is 13.2 Å². The lowest BCUT2D eigenvalue weighted by Gasteiger charge is -2.28. The van der Waals surface area contributed by atoms with Gasteiger partial charge < -0.3 is 14.9 Å². The normalized spacial score (nSPS) is 14.0. The molecule has 0 bridgehead atoms. The Labute approximate surface area is 174 Å². The summed E-state index contributed by atoms with van der Waals surface area (Å²) in [6.07, 6.45) is -4.57. The van der Waals surface area contributed by atoms with E-state index in [0.29, 0.717) is 21.6 Å². The number of halogens is 4. The summed E-state index contributed by atoms with van der Waals surface area (Å²) in [5.41, 5.74) is 3.95. The van der Waals surface area contributed by atoms with Gasteiger partial charge in [-0.15, -0.1) is 0 Å². The third-order valence-corrected chi connectivity index (χ3v) is 5.17. The van der Waals surface area contributed by atoms with E-state index in [0.717, 1.165) is 17.5 Å². The van der Waals surface area contributed by atoms with E-state index in [2.05, 4.69) is 0 Å². The van der Waals surface area contributed by atoms with E-state index < -0.39 is 23.2 Å². The summed E-state index contributed by atoms with van der Waals surface area (Å²) in [6, 6.07) is 14.4. The molecule has 0 aliphatic heterocycles. The minimum absolute atomic E-state index is 0.00578. The molecule has 4 nitrogen and oxygen atoms in total. The van der Waals surface area contributed by atoms with Crippen molar-refractivity contribution in [2.24, 2.45) is 5.73 Å². The number of ether oxygens (including phenoxy) is 1. The molecule has 3 aromatic carbocycles. The van der Waals surface area contributed by atoms with Crippen molar-refractivity contribution in [1.82, 2.24) is 0 Å². The number of hydrogen-bond acceptors (Lipinski definition) is 3. The molecule has 1 unspecified atom stereocenters. The van der Waals surface area contributed by atoms with Crippen molar-refractivity contribution in [1.29, 1.82) is 0 Å². The minimum Gasteiger partial charge on any atom is -0.473 e. The summed E-state index contributed by atoms with van der Waals surface area (Å²) in [5, 5.41) is 2.00. The van der Waals surface area contributed by atoms with Crippen molar-refractivity contribution < 1.29 is 27.1 Å². The summed E-state index contributed by atoms with van der Waals surface area (Å²) < 4.78 is 51.0. The van der Waals surface area contributed by atoms with Gasteiger partial charge in [0.2, 0.25) is 5.60 Å². The Bertz CT molecular complexity index is 1280. The molecule has 1 atom stereocenters. The molecule has 154 valence electrons. The highest BCUT2D eigenvalue weighted by molar-refractivity contribution is 6.31. The number of amides is 1.